The molecule has 1 amide bonds. The highest BCUT2D eigenvalue weighted by molar-refractivity contribution is 9.10. The minimum absolute atomic E-state index is 0.0400. The van der Waals surface area contributed by atoms with Gasteiger partial charge in [-0.2, -0.15) is 0 Å². The average molecular weight is 444 g/mol. The number of anilines is 1. The maximum absolute atomic E-state index is 12.2. The van der Waals surface area contributed by atoms with Crippen LogP contribution in [0.4, 0.5) is 5.69 Å². The molecule has 0 bridgehead atoms. The van der Waals surface area contributed by atoms with Crippen LogP contribution >= 0.6 is 39.7 Å². The molecule has 0 saturated carbocycles. The molecule has 130 valence electrons. The standard InChI is InChI=1S/C16H12BrClN2O4S/c1-24-13-5-2-8(6-11(13)17)14(21)20-16(25)19-12-4-3-9(18)7-10(12)15(22)23/h2-7H,1H3,(H,22,23)(H2,19,20,21,25). The van der Waals surface area contributed by atoms with Crippen molar-refractivity contribution in [2.75, 3.05) is 12.4 Å². The van der Waals surface area contributed by atoms with Gasteiger partial charge in [-0.1, -0.05) is 11.6 Å². The number of rotatable bonds is 4. The van der Waals surface area contributed by atoms with E-state index in [9.17, 15) is 14.7 Å². The zero-order chi connectivity index (χ0) is 18.6. The summed E-state index contributed by atoms with van der Waals surface area (Å²) in [5.41, 5.74) is 0.515. The zero-order valence-electron chi connectivity index (χ0n) is 12.8. The van der Waals surface area contributed by atoms with Gasteiger partial charge in [0.2, 0.25) is 0 Å². The quantitative estimate of drug-likeness (QED) is 0.621. The number of carboxylic acid groups (broad SMARTS) is 1. The summed E-state index contributed by atoms with van der Waals surface area (Å²) in [6, 6.07) is 9.07. The second kappa shape index (κ2) is 8.28. The molecule has 0 aliphatic heterocycles. The molecular weight excluding hydrogens is 432 g/mol. The van der Waals surface area contributed by atoms with Crippen LogP contribution in [0, 0.1) is 0 Å². The third kappa shape index (κ3) is 4.91. The van der Waals surface area contributed by atoms with Gasteiger partial charge in [-0.25, -0.2) is 4.79 Å². The number of carboxylic acids is 1. The van der Waals surface area contributed by atoms with Crippen molar-refractivity contribution in [2.24, 2.45) is 0 Å². The first-order valence-electron chi connectivity index (χ1n) is 6.80. The predicted molar refractivity (Wildman–Crippen MR) is 103 cm³/mol. The zero-order valence-corrected chi connectivity index (χ0v) is 16.0. The van der Waals surface area contributed by atoms with E-state index < -0.39 is 11.9 Å². The largest absolute Gasteiger partial charge is 0.496 e. The molecule has 2 aromatic rings. The first-order valence-corrected chi connectivity index (χ1v) is 8.38. The Morgan fingerprint density at radius 3 is 2.56 bits per heavy atom. The highest BCUT2D eigenvalue weighted by atomic mass is 79.9. The van der Waals surface area contributed by atoms with E-state index >= 15 is 0 Å². The number of nitrogens with one attached hydrogen (secondary N) is 2. The van der Waals surface area contributed by atoms with Gasteiger partial charge in [0.25, 0.3) is 5.91 Å². The molecule has 0 spiro atoms. The number of aromatic carboxylic acids is 1. The van der Waals surface area contributed by atoms with Crippen LogP contribution in [-0.2, 0) is 0 Å². The predicted octanol–water partition coefficient (Wildman–Crippen LogP) is 3.94. The van der Waals surface area contributed by atoms with Gasteiger partial charge in [-0.15, -0.1) is 0 Å². The van der Waals surface area contributed by atoms with Gasteiger partial charge in [0.15, 0.2) is 5.11 Å². The second-order valence-corrected chi connectivity index (χ2v) is 6.45. The van der Waals surface area contributed by atoms with E-state index in [0.717, 1.165) is 0 Å². The van der Waals surface area contributed by atoms with Gasteiger partial charge in [-0.05, 0) is 64.5 Å². The van der Waals surface area contributed by atoms with Crippen molar-refractivity contribution in [3.8, 4) is 5.75 Å². The number of benzene rings is 2. The third-order valence-corrected chi connectivity index (χ3v) is 4.16. The molecule has 0 saturated heterocycles. The van der Waals surface area contributed by atoms with Crippen molar-refractivity contribution in [1.82, 2.24) is 5.32 Å². The minimum Gasteiger partial charge on any atom is -0.496 e. The Balaban J connectivity index is 2.11. The Hall–Kier alpha value is -2.16. The van der Waals surface area contributed by atoms with E-state index in [0.29, 0.717) is 15.8 Å². The Morgan fingerprint density at radius 2 is 1.96 bits per heavy atom. The molecule has 0 aliphatic carbocycles. The van der Waals surface area contributed by atoms with Crippen molar-refractivity contribution in [3.63, 3.8) is 0 Å². The molecule has 2 aromatic carbocycles. The molecule has 2 rings (SSSR count). The highest BCUT2D eigenvalue weighted by Crippen LogP contribution is 2.25. The molecule has 9 heteroatoms. The van der Waals surface area contributed by atoms with E-state index in [2.05, 4.69) is 26.6 Å². The number of ether oxygens (including phenoxy) is 1. The SMILES string of the molecule is COc1ccc(C(=O)NC(=S)Nc2ccc(Cl)cc2C(=O)O)cc1Br. The van der Waals surface area contributed by atoms with Crippen molar-refractivity contribution in [2.45, 2.75) is 0 Å². The fourth-order valence-electron chi connectivity index (χ4n) is 1.94. The number of methoxy groups -OCH3 is 1. The van der Waals surface area contributed by atoms with Crippen molar-refractivity contribution in [1.29, 1.82) is 0 Å². The number of hydrogen-bond acceptors (Lipinski definition) is 4. The van der Waals surface area contributed by atoms with E-state index in [1.54, 1.807) is 18.2 Å². The molecule has 0 heterocycles. The Labute approximate surface area is 162 Å². The summed E-state index contributed by atoms with van der Waals surface area (Å²) in [5, 5.41) is 14.6. The first kappa shape index (κ1) is 19.2. The molecule has 0 unspecified atom stereocenters. The fraction of sp³-hybridized carbons (Fsp3) is 0.0625. The summed E-state index contributed by atoms with van der Waals surface area (Å²) in [4.78, 5) is 23.5. The van der Waals surface area contributed by atoms with Crippen LogP contribution in [0.3, 0.4) is 0 Å². The van der Waals surface area contributed by atoms with Crippen LogP contribution < -0.4 is 15.4 Å². The summed E-state index contributed by atoms with van der Waals surface area (Å²) < 4.78 is 5.72. The lowest BCUT2D eigenvalue weighted by atomic mass is 10.2. The van der Waals surface area contributed by atoms with Crippen molar-refractivity contribution < 1.29 is 19.4 Å². The lowest BCUT2D eigenvalue weighted by Crippen LogP contribution is -2.34. The molecule has 0 atom stereocenters. The van der Waals surface area contributed by atoms with Gasteiger partial charge in [-0.3, -0.25) is 10.1 Å². The Kier molecular flexibility index (Phi) is 6.35. The summed E-state index contributed by atoms with van der Waals surface area (Å²) in [6.45, 7) is 0. The molecule has 0 fully saturated rings. The normalized spacial score (nSPS) is 10.0. The second-order valence-electron chi connectivity index (χ2n) is 4.75. The van der Waals surface area contributed by atoms with Gasteiger partial charge < -0.3 is 15.2 Å². The van der Waals surface area contributed by atoms with Gasteiger partial charge in [0.1, 0.15) is 5.75 Å². The minimum atomic E-state index is -1.17. The van der Waals surface area contributed by atoms with Crippen LogP contribution in [0.15, 0.2) is 40.9 Å². The Bertz CT molecular complexity index is 860. The van der Waals surface area contributed by atoms with Crippen molar-refractivity contribution in [3.05, 3.63) is 57.0 Å². The van der Waals surface area contributed by atoms with Crippen LogP contribution in [0.1, 0.15) is 20.7 Å². The number of amides is 1. The summed E-state index contributed by atoms with van der Waals surface area (Å²) in [7, 11) is 1.52. The number of hydrogen-bond donors (Lipinski definition) is 3. The van der Waals surface area contributed by atoms with Gasteiger partial charge >= 0.3 is 5.97 Å². The lowest BCUT2D eigenvalue weighted by molar-refractivity contribution is 0.0698. The smallest absolute Gasteiger partial charge is 0.337 e. The van der Waals surface area contributed by atoms with E-state index in [-0.39, 0.29) is 21.4 Å². The molecule has 0 aromatic heterocycles. The highest BCUT2D eigenvalue weighted by Gasteiger charge is 2.14. The summed E-state index contributed by atoms with van der Waals surface area (Å²) in [6.07, 6.45) is 0. The van der Waals surface area contributed by atoms with Gasteiger partial charge in [0, 0.05) is 10.6 Å². The van der Waals surface area contributed by atoms with Crippen LogP contribution in [0.2, 0.25) is 5.02 Å². The maximum atomic E-state index is 12.2. The first-order chi connectivity index (χ1) is 11.8. The number of carbonyl (C=O) groups excluding carboxylic acids is 1. The van der Waals surface area contributed by atoms with Crippen LogP contribution in [0.5, 0.6) is 5.75 Å². The number of halogens is 2. The van der Waals surface area contributed by atoms with Gasteiger partial charge in [0.05, 0.1) is 22.8 Å². The van der Waals surface area contributed by atoms with Crippen LogP contribution in [0.25, 0.3) is 0 Å². The van der Waals surface area contributed by atoms with Crippen molar-refractivity contribution >= 4 is 62.4 Å². The fourth-order valence-corrected chi connectivity index (χ4v) is 2.85. The molecule has 0 aliphatic rings. The van der Waals surface area contributed by atoms with Crippen LogP contribution in [-0.4, -0.2) is 29.2 Å². The molecule has 0 radical (unpaired) electrons. The van der Waals surface area contributed by atoms with E-state index in [1.807, 2.05) is 0 Å². The third-order valence-electron chi connectivity index (χ3n) is 3.10. The number of carbonyl (C=O) groups is 2. The lowest BCUT2D eigenvalue weighted by Gasteiger charge is -2.12. The van der Waals surface area contributed by atoms with E-state index in [1.165, 1.54) is 25.3 Å². The molecule has 3 N–H and O–H groups in total. The summed E-state index contributed by atoms with van der Waals surface area (Å²) >= 11 is 14.2. The molecule has 6 nitrogen and oxygen atoms in total. The van der Waals surface area contributed by atoms with E-state index in [4.69, 9.17) is 28.6 Å². The molecular formula is C16H12BrClN2O4S. The summed E-state index contributed by atoms with van der Waals surface area (Å²) in [5.74, 6) is -1.03. The maximum Gasteiger partial charge on any atom is 0.337 e. The average Bonchev–Trinajstić information content (AvgIpc) is 2.56. The monoisotopic (exact) mass is 442 g/mol. The molecule has 25 heavy (non-hydrogen) atoms. The topological polar surface area (TPSA) is 87.7 Å². The number of thiocarbonyl (C=S) groups is 1. The Morgan fingerprint density at radius 1 is 1.24 bits per heavy atom.